The Bertz CT molecular complexity index is 765. The van der Waals surface area contributed by atoms with Crippen molar-refractivity contribution in [2.75, 3.05) is 44.7 Å². The fourth-order valence-electron chi connectivity index (χ4n) is 3.06. The Hall–Kier alpha value is -2.77. The third-order valence-corrected chi connectivity index (χ3v) is 4.41. The molecule has 1 aromatic heterocycles. The summed E-state index contributed by atoms with van der Waals surface area (Å²) >= 11 is 0. The van der Waals surface area contributed by atoms with Crippen LogP contribution in [0, 0.1) is 0 Å². The molecule has 2 aromatic rings. The second-order valence-electron chi connectivity index (χ2n) is 5.85. The number of piperazine rings is 1. The van der Waals surface area contributed by atoms with Crippen LogP contribution in [0.2, 0.25) is 0 Å². The number of rotatable bonds is 4. The third-order valence-electron chi connectivity index (χ3n) is 4.41. The number of fused-ring (bicyclic) bond motifs is 1. The van der Waals surface area contributed by atoms with Crippen molar-refractivity contribution in [2.45, 2.75) is 13.5 Å². The van der Waals surface area contributed by atoms with Gasteiger partial charge < -0.3 is 24.4 Å². The number of anilines is 1. The molecular weight excluding hydrogens is 322 g/mol. The number of carbonyl (C=O) groups is 2. The van der Waals surface area contributed by atoms with Gasteiger partial charge in [-0.1, -0.05) is 12.1 Å². The molecule has 1 saturated heterocycles. The van der Waals surface area contributed by atoms with Crippen molar-refractivity contribution in [3.8, 4) is 0 Å². The van der Waals surface area contributed by atoms with Gasteiger partial charge in [0.2, 0.25) is 5.95 Å². The van der Waals surface area contributed by atoms with Gasteiger partial charge in [-0.3, -0.25) is 4.79 Å². The van der Waals surface area contributed by atoms with Crippen LogP contribution in [-0.2, 0) is 16.1 Å². The lowest BCUT2D eigenvalue weighted by Gasteiger charge is -2.35. The maximum Gasteiger partial charge on any atom is 0.325 e. The minimum absolute atomic E-state index is 0.110. The van der Waals surface area contributed by atoms with E-state index in [-0.39, 0.29) is 12.6 Å². The number of aryl methyl sites for hydroxylation is 1. The van der Waals surface area contributed by atoms with E-state index in [1.54, 1.807) is 4.90 Å². The monoisotopic (exact) mass is 345 g/mol. The van der Waals surface area contributed by atoms with E-state index in [2.05, 4.69) is 32.5 Å². The van der Waals surface area contributed by atoms with Crippen molar-refractivity contribution in [1.82, 2.24) is 19.8 Å². The Labute approximate surface area is 146 Å². The molecule has 0 unspecified atom stereocenters. The molecule has 0 atom stereocenters. The highest BCUT2D eigenvalue weighted by Crippen LogP contribution is 2.23. The van der Waals surface area contributed by atoms with Crippen LogP contribution in [0.25, 0.3) is 11.0 Å². The number of imidazole rings is 1. The average Bonchev–Trinajstić information content (AvgIpc) is 3.04. The molecule has 3 rings (SSSR count). The van der Waals surface area contributed by atoms with Gasteiger partial charge in [0.05, 0.1) is 18.1 Å². The molecule has 25 heavy (non-hydrogen) atoms. The molecule has 0 aliphatic carbocycles. The molecule has 1 aliphatic rings. The Morgan fingerprint density at radius 3 is 2.60 bits per heavy atom. The van der Waals surface area contributed by atoms with E-state index in [0.717, 1.165) is 23.5 Å². The van der Waals surface area contributed by atoms with Gasteiger partial charge in [-0.2, -0.15) is 0 Å². The molecule has 1 aliphatic heterocycles. The number of urea groups is 1. The van der Waals surface area contributed by atoms with Crippen LogP contribution in [0.1, 0.15) is 6.92 Å². The highest BCUT2D eigenvalue weighted by molar-refractivity contribution is 5.81. The first-order chi connectivity index (χ1) is 12.1. The summed E-state index contributed by atoms with van der Waals surface area (Å²) in [5.74, 6) is 0.488. The van der Waals surface area contributed by atoms with Crippen molar-refractivity contribution in [3.05, 3.63) is 24.3 Å². The number of aromatic nitrogens is 2. The number of esters is 1. The first-order valence-corrected chi connectivity index (χ1v) is 8.43. The average molecular weight is 345 g/mol. The predicted octanol–water partition coefficient (Wildman–Crippen LogP) is 1.06. The summed E-state index contributed by atoms with van der Waals surface area (Å²) in [7, 11) is 1.30. The molecule has 1 N–H and O–H groups in total. The Balaban J connectivity index is 1.64. The minimum Gasteiger partial charge on any atom is -0.468 e. The molecule has 1 fully saturated rings. The lowest BCUT2D eigenvalue weighted by Crippen LogP contribution is -2.53. The molecule has 0 radical (unpaired) electrons. The SMILES string of the molecule is CCn1c(N2CCN(C(=O)NCC(=O)OC)CC2)nc2ccccc21. The maximum atomic E-state index is 12.1. The van der Waals surface area contributed by atoms with Gasteiger partial charge in [0, 0.05) is 32.7 Å². The fourth-order valence-corrected chi connectivity index (χ4v) is 3.06. The Morgan fingerprint density at radius 1 is 1.20 bits per heavy atom. The smallest absolute Gasteiger partial charge is 0.325 e. The number of methoxy groups -OCH3 is 1. The van der Waals surface area contributed by atoms with E-state index >= 15 is 0 Å². The van der Waals surface area contributed by atoms with Crippen LogP contribution in [0.15, 0.2) is 24.3 Å². The van der Waals surface area contributed by atoms with Crippen molar-refractivity contribution >= 4 is 29.0 Å². The highest BCUT2D eigenvalue weighted by atomic mass is 16.5. The lowest BCUT2D eigenvalue weighted by molar-refractivity contribution is -0.139. The normalized spacial score (nSPS) is 14.6. The van der Waals surface area contributed by atoms with Gasteiger partial charge in [0.25, 0.3) is 0 Å². The van der Waals surface area contributed by atoms with E-state index in [0.29, 0.717) is 26.2 Å². The first kappa shape index (κ1) is 17.1. The number of carbonyl (C=O) groups excluding carboxylic acids is 2. The molecule has 0 saturated carbocycles. The third kappa shape index (κ3) is 3.52. The van der Waals surface area contributed by atoms with Crippen molar-refractivity contribution in [2.24, 2.45) is 0 Å². The summed E-state index contributed by atoms with van der Waals surface area (Å²) in [6.45, 7) is 5.41. The van der Waals surface area contributed by atoms with E-state index in [1.807, 2.05) is 18.2 Å². The standard InChI is InChI=1S/C17H23N5O3/c1-3-22-14-7-5-4-6-13(14)19-16(22)20-8-10-21(11-9-20)17(24)18-12-15(23)25-2/h4-7H,3,8-12H2,1-2H3,(H,18,24). The Morgan fingerprint density at radius 2 is 1.92 bits per heavy atom. The number of hydrogen-bond acceptors (Lipinski definition) is 5. The summed E-state index contributed by atoms with van der Waals surface area (Å²) < 4.78 is 6.72. The van der Waals surface area contributed by atoms with Crippen molar-refractivity contribution in [3.63, 3.8) is 0 Å². The summed E-state index contributed by atoms with van der Waals surface area (Å²) in [6, 6.07) is 7.86. The van der Waals surface area contributed by atoms with E-state index in [9.17, 15) is 9.59 Å². The first-order valence-electron chi connectivity index (χ1n) is 8.43. The molecule has 2 amide bonds. The second-order valence-corrected chi connectivity index (χ2v) is 5.85. The van der Waals surface area contributed by atoms with Crippen LogP contribution < -0.4 is 10.2 Å². The van der Waals surface area contributed by atoms with Crippen LogP contribution >= 0.6 is 0 Å². The summed E-state index contributed by atoms with van der Waals surface area (Å²) in [5.41, 5.74) is 2.11. The largest absolute Gasteiger partial charge is 0.468 e. The Kier molecular flexibility index (Phi) is 5.06. The van der Waals surface area contributed by atoms with Gasteiger partial charge in [0.1, 0.15) is 6.54 Å². The number of hydrogen-bond donors (Lipinski definition) is 1. The molecule has 1 aromatic carbocycles. The summed E-state index contributed by atoms with van der Waals surface area (Å²) in [4.78, 5) is 31.9. The molecule has 2 heterocycles. The van der Waals surface area contributed by atoms with Crippen LogP contribution in [-0.4, -0.2) is 66.3 Å². The van der Waals surface area contributed by atoms with Crippen molar-refractivity contribution < 1.29 is 14.3 Å². The zero-order valence-corrected chi connectivity index (χ0v) is 14.6. The van der Waals surface area contributed by atoms with Crippen LogP contribution in [0.5, 0.6) is 0 Å². The topological polar surface area (TPSA) is 79.7 Å². The zero-order chi connectivity index (χ0) is 17.8. The maximum absolute atomic E-state index is 12.1. The number of amides is 2. The quantitative estimate of drug-likeness (QED) is 0.838. The summed E-state index contributed by atoms with van der Waals surface area (Å²) in [6.07, 6.45) is 0. The summed E-state index contributed by atoms with van der Waals surface area (Å²) in [5, 5.41) is 2.57. The molecule has 8 nitrogen and oxygen atoms in total. The van der Waals surface area contributed by atoms with Crippen LogP contribution in [0.4, 0.5) is 10.7 Å². The van der Waals surface area contributed by atoms with Crippen molar-refractivity contribution in [1.29, 1.82) is 0 Å². The number of benzene rings is 1. The molecule has 0 spiro atoms. The number of para-hydroxylation sites is 2. The molecule has 0 bridgehead atoms. The highest BCUT2D eigenvalue weighted by Gasteiger charge is 2.24. The minimum atomic E-state index is -0.455. The number of nitrogens with zero attached hydrogens (tertiary/aromatic N) is 4. The van der Waals surface area contributed by atoms with Gasteiger partial charge in [0.15, 0.2) is 0 Å². The van der Waals surface area contributed by atoms with E-state index in [4.69, 9.17) is 4.98 Å². The number of nitrogens with one attached hydrogen (secondary N) is 1. The number of ether oxygens (including phenoxy) is 1. The molecular formula is C17H23N5O3. The van der Waals surface area contributed by atoms with Gasteiger partial charge in [-0.25, -0.2) is 9.78 Å². The molecule has 134 valence electrons. The van der Waals surface area contributed by atoms with Gasteiger partial charge in [-0.05, 0) is 19.1 Å². The van der Waals surface area contributed by atoms with Gasteiger partial charge >= 0.3 is 12.0 Å². The van der Waals surface area contributed by atoms with E-state index in [1.165, 1.54) is 7.11 Å². The fraction of sp³-hybridized carbons (Fsp3) is 0.471. The predicted molar refractivity (Wildman–Crippen MR) is 94.6 cm³/mol. The van der Waals surface area contributed by atoms with E-state index < -0.39 is 5.97 Å². The zero-order valence-electron chi connectivity index (χ0n) is 14.6. The second kappa shape index (κ2) is 7.42. The molecule has 8 heteroatoms. The van der Waals surface area contributed by atoms with Gasteiger partial charge in [-0.15, -0.1) is 0 Å². The lowest BCUT2D eigenvalue weighted by atomic mass is 10.3. The van der Waals surface area contributed by atoms with Crippen LogP contribution in [0.3, 0.4) is 0 Å².